The Morgan fingerprint density at radius 3 is 2.83 bits per heavy atom. The Bertz CT molecular complexity index is 604. The van der Waals surface area contributed by atoms with Crippen LogP contribution < -0.4 is 5.32 Å². The van der Waals surface area contributed by atoms with Gasteiger partial charge in [0, 0.05) is 6.20 Å². The number of nitrogens with one attached hydrogen (secondary N) is 1. The van der Waals surface area contributed by atoms with Gasteiger partial charge in [0.25, 0.3) is 5.91 Å². The number of amides is 1. The Labute approximate surface area is 111 Å². The number of hydrogen-bond acceptors (Lipinski definition) is 3. The van der Waals surface area contributed by atoms with Crippen LogP contribution in [0.4, 0.5) is 10.1 Å². The summed E-state index contributed by atoms with van der Waals surface area (Å²) in [7, 11) is 0. The van der Waals surface area contributed by atoms with E-state index < -0.39 is 11.9 Å². The van der Waals surface area contributed by atoms with Crippen molar-refractivity contribution in [2.45, 2.75) is 6.92 Å². The first-order chi connectivity index (χ1) is 8.58. The minimum Gasteiger partial charge on any atom is -0.320 e. The third-order valence-electron chi connectivity index (χ3n) is 2.30. The van der Waals surface area contributed by atoms with E-state index in [2.05, 4.69) is 31.2 Å². The van der Waals surface area contributed by atoms with Crippen molar-refractivity contribution < 1.29 is 9.18 Å². The van der Waals surface area contributed by atoms with Crippen molar-refractivity contribution in [1.29, 1.82) is 0 Å². The predicted molar refractivity (Wildman–Crippen MR) is 68.8 cm³/mol. The maximum atomic E-state index is 13.3. The second-order valence-corrected chi connectivity index (χ2v) is 4.38. The summed E-state index contributed by atoms with van der Waals surface area (Å²) in [5, 5.41) is 2.59. The van der Waals surface area contributed by atoms with E-state index in [0.717, 1.165) is 0 Å². The van der Waals surface area contributed by atoms with Gasteiger partial charge in [-0.2, -0.15) is 4.39 Å². The molecule has 18 heavy (non-hydrogen) atoms. The molecule has 0 aliphatic carbocycles. The highest BCUT2D eigenvalue weighted by Crippen LogP contribution is 2.17. The van der Waals surface area contributed by atoms with Crippen molar-refractivity contribution in [2.75, 3.05) is 5.32 Å². The quantitative estimate of drug-likeness (QED) is 0.868. The van der Waals surface area contributed by atoms with Crippen LogP contribution in [-0.2, 0) is 0 Å². The molecule has 2 rings (SSSR count). The van der Waals surface area contributed by atoms with Crippen LogP contribution in [0.1, 0.15) is 16.1 Å². The summed E-state index contributed by atoms with van der Waals surface area (Å²) in [5.41, 5.74) is 1.08. The number of halogens is 2. The molecule has 2 aromatic rings. The van der Waals surface area contributed by atoms with Crippen LogP contribution in [0.25, 0.3) is 0 Å². The Kier molecular flexibility index (Phi) is 3.66. The summed E-state index contributed by atoms with van der Waals surface area (Å²) in [6.45, 7) is 1.75. The molecule has 0 radical (unpaired) electrons. The van der Waals surface area contributed by atoms with Crippen molar-refractivity contribution in [3.63, 3.8) is 0 Å². The Morgan fingerprint density at radius 1 is 1.39 bits per heavy atom. The van der Waals surface area contributed by atoms with E-state index in [-0.39, 0.29) is 5.56 Å². The maximum absolute atomic E-state index is 13.3. The zero-order valence-electron chi connectivity index (χ0n) is 9.45. The zero-order chi connectivity index (χ0) is 13.1. The van der Waals surface area contributed by atoms with Crippen LogP contribution in [0.5, 0.6) is 0 Å². The number of hydrogen-bond donors (Lipinski definition) is 1. The number of anilines is 1. The van der Waals surface area contributed by atoms with E-state index >= 15 is 0 Å². The lowest BCUT2D eigenvalue weighted by molar-refractivity contribution is 0.102. The molecule has 0 atom stereocenters. The average Bonchev–Trinajstić information content (AvgIpc) is 2.33. The standard InChI is InChI=1S/C12H9BrFN3O/c1-7-9(4-5-10(13)16-7)17-12(18)8-3-2-6-15-11(8)14/h2-6H,1H3,(H,17,18). The molecule has 0 spiro atoms. The van der Waals surface area contributed by atoms with Crippen LogP contribution >= 0.6 is 15.9 Å². The number of carbonyl (C=O) groups excluding carboxylic acids is 1. The first kappa shape index (κ1) is 12.6. The summed E-state index contributed by atoms with van der Waals surface area (Å²) >= 11 is 3.23. The number of aromatic nitrogens is 2. The molecule has 0 bridgehead atoms. The highest BCUT2D eigenvalue weighted by Gasteiger charge is 2.13. The highest BCUT2D eigenvalue weighted by molar-refractivity contribution is 9.10. The Balaban J connectivity index is 2.24. The molecule has 2 heterocycles. The van der Waals surface area contributed by atoms with Crippen LogP contribution in [-0.4, -0.2) is 15.9 Å². The number of pyridine rings is 2. The lowest BCUT2D eigenvalue weighted by Gasteiger charge is -2.08. The predicted octanol–water partition coefficient (Wildman–Crippen LogP) is 2.94. The van der Waals surface area contributed by atoms with E-state index in [1.54, 1.807) is 19.1 Å². The molecule has 0 aliphatic heterocycles. The maximum Gasteiger partial charge on any atom is 0.260 e. The number of carbonyl (C=O) groups is 1. The summed E-state index contributed by atoms with van der Waals surface area (Å²) in [5.74, 6) is -1.34. The Hall–Kier alpha value is -1.82. The number of nitrogens with zero attached hydrogens (tertiary/aromatic N) is 2. The second-order valence-electron chi connectivity index (χ2n) is 3.56. The van der Waals surface area contributed by atoms with Gasteiger partial charge in [0.05, 0.1) is 16.9 Å². The molecule has 0 saturated heterocycles. The van der Waals surface area contributed by atoms with Crippen LogP contribution in [0.15, 0.2) is 35.1 Å². The third-order valence-corrected chi connectivity index (χ3v) is 2.75. The highest BCUT2D eigenvalue weighted by atomic mass is 79.9. The molecule has 1 amide bonds. The fourth-order valence-electron chi connectivity index (χ4n) is 1.41. The minimum absolute atomic E-state index is 0.0974. The molecular weight excluding hydrogens is 301 g/mol. The van der Waals surface area contributed by atoms with Crippen LogP contribution in [0.3, 0.4) is 0 Å². The minimum atomic E-state index is -0.794. The van der Waals surface area contributed by atoms with Gasteiger partial charge in [-0.15, -0.1) is 0 Å². The van der Waals surface area contributed by atoms with Gasteiger partial charge in [0.2, 0.25) is 5.95 Å². The molecule has 0 aliphatic rings. The van der Waals surface area contributed by atoms with Gasteiger partial charge in [0.1, 0.15) is 4.60 Å². The van der Waals surface area contributed by atoms with E-state index in [4.69, 9.17) is 0 Å². The molecule has 0 unspecified atom stereocenters. The van der Waals surface area contributed by atoms with Gasteiger partial charge >= 0.3 is 0 Å². The molecule has 4 nitrogen and oxygen atoms in total. The van der Waals surface area contributed by atoms with Gasteiger partial charge in [-0.1, -0.05) is 0 Å². The van der Waals surface area contributed by atoms with Crippen molar-refractivity contribution >= 4 is 27.5 Å². The SMILES string of the molecule is Cc1nc(Br)ccc1NC(=O)c1cccnc1F. The summed E-state index contributed by atoms with van der Waals surface area (Å²) < 4.78 is 14.0. The van der Waals surface area contributed by atoms with Gasteiger partial charge < -0.3 is 5.32 Å². The zero-order valence-corrected chi connectivity index (χ0v) is 11.0. The number of rotatable bonds is 2. The first-order valence-electron chi connectivity index (χ1n) is 5.13. The molecule has 0 fully saturated rings. The van der Waals surface area contributed by atoms with E-state index in [1.807, 2.05) is 0 Å². The van der Waals surface area contributed by atoms with Crippen LogP contribution in [0.2, 0.25) is 0 Å². The summed E-state index contributed by atoms with van der Waals surface area (Å²) in [4.78, 5) is 19.4. The molecule has 0 saturated carbocycles. The van der Waals surface area contributed by atoms with E-state index in [9.17, 15) is 9.18 Å². The normalized spacial score (nSPS) is 10.2. The fourth-order valence-corrected chi connectivity index (χ4v) is 1.81. The summed E-state index contributed by atoms with van der Waals surface area (Å²) in [6, 6.07) is 6.27. The summed E-state index contributed by atoms with van der Waals surface area (Å²) in [6.07, 6.45) is 1.29. The van der Waals surface area contributed by atoms with Gasteiger partial charge in [-0.25, -0.2) is 9.97 Å². The lowest BCUT2D eigenvalue weighted by atomic mass is 10.2. The van der Waals surface area contributed by atoms with Crippen molar-refractivity contribution in [1.82, 2.24) is 9.97 Å². The average molecular weight is 310 g/mol. The lowest BCUT2D eigenvalue weighted by Crippen LogP contribution is -2.15. The smallest absolute Gasteiger partial charge is 0.260 e. The molecule has 2 aromatic heterocycles. The fraction of sp³-hybridized carbons (Fsp3) is 0.0833. The van der Waals surface area contributed by atoms with E-state index in [1.165, 1.54) is 18.3 Å². The van der Waals surface area contributed by atoms with Crippen LogP contribution in [0, 0.1) is 12.9 Å². The number of aryl methyl sites for hydroxylation is 1. The third kappa shape index (κ3) is 2.70. The topological polar surface area (TPSA) is 54.9 Å². The van der Waals surface area contributed by atoms with E-state index in [0.29, 0.717) is 16.0 Å². The molecule has 6 heteroatoms. The first-order valence-corrected chi connectivity index (χ1v) is 5.92. The van der Waals surface area contributed by atoms with Crippen molar-refractivity contribution in [3.05, 3.63) is 52.3 Å². The molecule has 0 aromatic carbocycles. The molecule has 92 valence electrons. The Morgan fingerprint density at radius 2 is 2.17 bits per heavy atom. The monoisotopic (exact) mass is 309 g/mol. The van der Waals surface area contributed by atoms with Gasteiger partial charge in [-0.3, -0.25) is 4.79 Å². The van der Waals surface area contributed by atoms with Crippen molar-refractivity contribution in [3.8, 4) is 0 Å². The largest absolute Gasteiger partial charge is 0.320 e. The van der Waals surface area contributed by atoms with Gasteiger partial charge in [-0.05, 0) is 47.1 Å². The van der Waals surface area contributed by atoms with Gasteiger partial charge in [0.15, 0.2) is 0 Å². The molecular formula is C12H9BrFN3O. The van der Waals surface area contributed by atoms with Crippen molar-refractivity contribution in [2.24, 2.45) is 0 Å². The molecule has 1 N–H and O–H groups in total. The second kappa shape index (κ2) is 5.22.